The van der Waals surface area contributed by atoms with E-state index >= 15 is 0 Å². The maximum atomic E-state index is 12.0. The summed E-state index contributed by atoms with van der Waals surface area (Å²) in [5.41, 5.74) is 1.12. The highest BCUT2D eigenvalue weighted by Gasteiger charge is 2.20. The molecule has 0 radical (unpaired) electrons. The van der Waals surface area contributed by atoms with Crippen LogP contribution >= 0.6 is 11.3 Å². The largest absolute Gasteiger partial charge is 0.493 e. The van der Waals surface area contributed by atoms with Crippen molar-refractivity contribution in [2.24, 2.45) is 5.41 Å². The summed E-state index contributed by atoms with van der Waals surface area (Å²) in [6.07, 6.45) is 0.188. The number of carbonyl (C=O) groups is 2. The summed E-state index contributed by atoms with van der Waals surface area (Å²) in [5.74, 6) is 0.975. The number of nitrogens with zero attached hydrogens (tertiary/aromatic N) is 1. The fraction of sp³-hybridized carbons (Fsp3) is 0.421. The number of rotatable bonds is 7. The number of thiazole rings is 1. The van der Waals surface area contributed by atoms with Crippen LogP contribution in [0.3, 0.4) is 0 Å². The Bertz CT molecular complexity index is 812. The molecule has 0 saturated carbocycles. The lowest BCUT2D eigenvalue weighted by atomic mass is 9.96. The van der Waals surface area contributed by atoms with E-state index in [0.717, 1.165) is 11.3 Å². The van der Waals surface area contributed by atoms with E-state index in [0.29, 0.717) is 16.6 Å². The van der Waals surface area contributed by atoms with Gasteiger partial charge in [0.25, 0.3) is 0 Å². The Balaban J connectivity index is 1.94. The average Bonchev–Trinajstić information content (AvgIpc) is 3.08. The minimum atomic E-state index is -0.472. The Morgan fingerprint density at radius 3 is 2.48 bits per heavy atom. The van der Waals surface area contributed by atoms with Crippen molar-refractivity contribution < 1.29 is 19.1 Å². The predicted molar refractivity (Wildman–Crippen MR) is 106 cm³/mol. The SMILES string of the molecule is COc1ccc(-c2csc(NC(=O)CCNC(=O)C(C)(C)C)n2)cc1OC. The molecule has 0 atom stereocenters. The number of nitrogens with one attached hydrogen (secondary N) is 2. The Morgan fingerprint density at radius 2 is 1.85 bits per heavy atom. The molecule has 0 fully saturated rings. The van der Waals surface area contributed by atoms with Crippen LogP contribution < -0.4 is 20.1 Å². The highest BCUT2D eigenvalue weighted by Crippen LogP contribution is 2.33. The van der Waals surface area contributed by atoms with Gasteiger partial charge in [-0.25, -0.2) is 4.98 Å². The average molecular weight is 391 g/mol. The maximum Gasteiger partial charge on any atom is 0.227 e. The van der Waals surface area contributed by atoms with Crippen molar-refractivity contribution in [2.75, 3.05) is 26.1 Å². The molecular weight excluding hydrogens is 366 g/mol. The third kappa shape index (κ3) is 5.68. The zero-order chi connectivity index (χ0) is 20.0. The van der Waals surface area contributed by atoms with E-state index in [4.69, 9.17) is 9.47 Å². The molecule has 1 aromatic heterocycles. The van der Waals surface area contributed by atoms with Gasteiger partial charge < -0.3 is 20.1 Å². The van der Waals surface area contributed by atoms with Gasteiger partial charge in [-0.2, -0.15) is 0 Å². The van der Waals surface area contributed by atoms with Crippen molar-refractivity contribution in [3.8, 4) is 22.8 Å². The first-order valence-electron chi connectivity index (χ1n) is 8.50. The molecule has 2 rings (SSSR count). The van der Waals surface area contributed by atoms with Crippen molar-refractivity contribution in [1.82, 2.24) is 10.3 Å². The number of amides is 2. The van der Waals surface area contributed by atoms with E-state index in [9.17, 15) is 9.59 Å². The van der Waals surface area contributed by atoms with Gasteiger partial charge >= 0.3 is 0 Å². The Kier molecular flexibility index (Phi) is 6.79. The summed E-state index contributed by atoms with van der Waals surface area (Å²) in [6, 6.07) is 5.52. The zero-order valence-corrected chi connectivity index (χ0v) is 17.0. The Hall–Kier alpha value is -2.61. The standard InChI is InChI=1S/C19H25N3O4S/c1-19(2,3)17(24)20-9-8-16(23)22-18-21-13(11-27-18)12-6-7-14(25-4)15(10-12)26-5/h6-7,10-11H,8-9H2,1-5H3,(H,20,24)(H,21,22,23). The van der Waals surface area contributed by atoms with Crippen molar-refractivity contribution in [1.29, 1.82) is 0 Å². The van der Waals surface area contributed by atoms with Crippen LogP contribution in [0.5, 0.6) is 11.5 Å². The minimum absolute atomic E-state index is 0.0831. The van der Waals surface area contributed by atoms with Crippen LogP contribution in [0.15, 0.2) is 23.6 Å². The Labute approximate surface area is 163 Å². The molecule has 2 N–H and O–H groups in total. The van der Waals surface area contributed by atoms with Gasteiger partial charge in [-0.15, -0.1) is 11.3 Å². The summed E-state index contributed by atoms with van der Waals surface area (Å²) < 4.78 is 10.5. The first kappa shape index (κ1) is 20.7. The fourth-order valence-corrected chi connectivity index (χ4v) is 2.93. The molecule has 0 spiro atoms. The van der Waals surface area contributed by atoms with E-state index in [1.165, 1.54) is 11.3 Å². The van der Waals surface area contributed by atoms with Crippen molar-refractivity contribution >= 4 is 28.3 Å². The molecule has 0 aliphatic rings. The highest BCUT2D eigenvalue weighted by atomic mass is 32.1. The van der Waals surface area contributed by atoms with Crippen LogP contribution in [0.1, 0.15) is 27.2 Å². The first-order chi connectivity index (χ1) is 12.7. The summed E-state index contributed by atoms with van der Waals surface area (Å²) in [5, 5.41) is 7.87. The summed E-state index contributed by atoms with van der Waals surface area (Å²) in [4.78, 5) is 28.3. The van der Waals surface area contributed by atoms with Crippen LogP contribution in [0.25, 0.3) is 11.3 Å². The normalized spacial score (nSPS) is 11.0. The summed E-state index contributed by atoms with van der Waals surface area (Å²) in [7, 11) is 3.16. The van der Waals surface area contributed by atoms with E-state index < -0.39 is 5.41 Å². The second-order valence-corrected chi connectivity index (χ2v) is 7.77. The Morgan fingerprint density at radius 1 is 1.15 bits per heavy atom. The van der Waals surface area contributed by atoms with Crippen LogP contribution in [-0.4, -0.2) is 37.6 Å². The van der Waals surface area contributed by atoms with Crippen molar-refractivity contribution in [2.45, 2.75) is 27.2 Å². The number of benzene rings is 1. The topological polar surface area (TPSA) is 89.6 Å². The van der Waals surface area contributed by atoms with E-state index in [1.54, 1.807) is 14.2 Å². The van der Waals surface area contributed by atoms with Gasteiger partial charge in [0.15, 0.2) is 16.6 Å². The third-order valence-corrected chi connectivity index (χ3v) is 4.51. The molecule has 27 heavy (non-hydrogen) atoms. The maximum absolute atomic E-state index is 12.0. The number of ether oxygens (including phenoxy) is 2. The number of carbonyl (C=O) groups excluding carboxylic acids is 2. The van der Waals surface area contributed by atoms with Crippen molar-refractivity contribution in [3.05, 3.63) is 23.6 Å². The fourth-order valence-electron chi connectivity index (χ4n) is 2.20. The summed E-state index contributed by atoms with van der Waals surface area (Å²) >= 11 is 1.34. The molecule has 1 aromatic carbocycles. The number of methoxy groups -OCH3 is 2. The van der Waals surface area contributed by atoms with E-state index in [2.05, 4.69) is 15.6 Å². The van der Waals surface area contributed by atoms with E-state index in [1.807, 2.05) is 44.4 Å². The molecule has 2 aromatic rings. The van der Waals surface area contributed by atoms with Gasteiger partial charge in [0, 0.05) is 29.3 Å². The minimum Gasteiger partial charge on any atom is -0.493 e. The zero-order valence-electron chi connectivity index (χ0n) is 16.2. The molecule has 8 heteroatoms. The molecule has 1 heterocycles. The third-order valence-electron chi connectivity index (χ3n) is 3.75. The number of aromatic nitrogens is 1. The lowest BCUT2D eigenvalue weighted by Crippen LogP contribution is -2.36. The van der Waals surface area contributed by atoms with Crippen LogP contribution in [0.2, 0.25) is 0 Å². The number of hydrogen-bond donors (Lipinski definition) is 2. The van der Waals surface area contributed by atoms with Gasteiger partial charge in [-0.1, -0.05) is 20.8 Å². The predicted octanol–water partition coefficient (Wildman–Crippen LogP) is 3.32. The molecule has 0 aliphatic carbocycles. The first-order valence-corrected chi connectivity index (χ1v) is 9.38. The second-order valence-electron chi connectivity index (χ2n) is 6.91. The number of anilines is 1. The summed E-state index contributed by atoms with van der Waals surface area (Å²) in [6.45, 7) is 5.77. The molecule has 2 amide bonds. The monoisotopic (exact) mass is 391 g/mol. The molecule has 0 bridgehead atoms. The van der Waals surface area contributed by atoms with Crippen LogP contribution in [0.4, 0.5) is 5.13 Å². The lowest BCUT2D eigenvalue weighted by Gasteiger charge is -2.17. The quantitative estimate of drug-likeness (QED) is 0.756. The molecule has 0 aliphatic heterocycles. The molecule has 0 unspecified atom stereocenters. The van der Waals surface area contributed by atoms with Gasteiger partial charge in [0.2, 0.25) is 11.8 Å². The van der Waals surface area contributed by atoms with Crippen LogP contribution in [0, 0.1) is 5.41 Å². The molecular formula is C19H25N3O4S. The molecule has 146 valence electrons. The van der Waals surface area contributed by atoms with Gasteiger partial charge in [0.1, 0.15) is 0 Å². The molecule has 0 saturated heterocycles. The smallest absolute Gasteiger partial charge is 0.227 e. The van der Waals surface area contributed by atoms with Crippen molar-refractivity contribution in [3.63, 3.8) is 0 Å². The lowest BCUT2D eigenvalue weighted by molar-refractivity contribution is -0.128. The van der Waals surface area contributed by atoms with Gasteiger partial charge in [0.05, 0.1) is 19.9 Å². The highest BCUT2D eigenvalue weighted by molar-refractivity contribution is 7.14. The number of hydrogen-bond acceptors (Lipinski definition) is 6. The van der Waals surface area contributed by atoms with E-state index in [-0.39, 0.29) is 24.8 Å². The molecule has 7 nitrogen and oxygen atoms in total. The van der Waals surface area contributed by atoms with Gasteiger partial charge in [-0.05, 0) is 18.2 Å². The second kappa shape index (κ2) is 8.85. The van der Waals surface area contributed by atoms with Gasteiger partial charge in [-0.3, -0.25) is 9.59 Å². The van der Waals surface area contributed by atoms with Crippen LogP contribution in [-0.2, 0) is 9.59 Å².